The largest absolute Gasteiger partial charge is 0.371 e. The Hall–Kier alpha value is -3.50. The predicted molar refractivity (Wildman–Crippen MR) is 136 cm³/mol. The minimum Gasteiger partial charge on any atom is -0.371 e. The summed E-state index contributed by atoms with van der Waals surface area (Å²) in [4.78, 5) is 31.2. The SMILES string of the molecule is O=C(NC1CCC(CN2C(=O)C(O)(c3c(F)cccc3F)c3ccccc32)CC1)c1cc(Cl)cnc1C(F)F. The second-order valence-electron chi connectivity index (χ2n) is 9.82. The number of benzene rings is 2. The molecule has 11 heteroatoms. The van der Waals surface area contributed by atoms with Gasteiger partial charge >= 0.3 is 0 Å². The average Bonchev–Trinajstić information content (AvgIpc) is 3.11. The van der Waals surface area contributed by atoms with Gasteiger partial charge in [-0.15, -0.1) is 0 Å². The van der Waals surface area contributed by atoms with Crippen molar-refractivity contribution in [2.75, 3.05) is 11.4 Å². The fraction of sp³-hybridized carbons (Fsp3) is 0.321. The number of pyridine rings is 1. The molecule has 0 bridgehead atoms. The molecule has 0 saturated heterocycles. The molecule has 2 N–H and O–H groups in total. The smallest absolute Gasteiger partial charge is 0.281 e. The number of rotatable bonds is 6. The van der Waals surface area contributed by atoms with Crippen molar-refractivity contribution >= 4 is 29.1 Å². The van der Waals surface area contributed by atoms with Crippen molar-refractivity contribution in [3.8, 4) is 0 Å². The topological polar surface area (TPSA) is 82.5 Å². The van der Waals surface area contributed by atoms with E-state index in [1.807, 2.05) is 0 Å². The highest BCUT2D eigenvalue weighted by Gasteiger charge is 2.54. The number of para-hydroxylation sites is 1. The molecule has 3 aromatic rings. The molecule has 39 heavy (non-hydrogen) atoms. The van der Waals surface area contributed by atoms with Crippen molar-refractivity contribution in [3.63, 3.8) is 0 Å². The van der Waals surface area contributed by atoms with E-state index in [-0.39, 0.29) is 34.7 Å². The van der Waals surface area contributed by atoms with E-state index in [9.17, 15) is 32.3 Å². The number of amides is 2. The Labute approximate surface area is 226 Å². The molecule has 2 aliphatic rings. The summed E-state index contributed by atoms with van der Waals surface area (Å²) >= 11 is 5.85. The maximum atomic E-state index is 14.7. The number of nitrogens with zero attached hydrogens (tertiary/aromatic N) is 2. The lowest BCUT2D eigenvalue weighted by Crippen LogP contribution is -2.45. The lowest BCUT2D eigenvalue weighted by Gasteiger charge is -2.32. The highest BCUT2D eigenvalue weighted by molar-refractivity contribution is 6.30. The van der Waals surface area contributed by atoms with Crippen LogP contribution in [0.4, 0.5) is 23.2 Å². The lowest BCUT2D eigenvalue weighted by atomic mass is 9.85. The van der Waals surface area contributed by atoms with Crippen LogP contribution in [0.2, 0.25) is 5.02 Å². The van der Waals surface area contributed by atoms with Crippen LogP contribution in [0.1, 0.15) is 59.3 Å². The lowest BCUT2D eigenvalue weighted by molar-refractivity contribution is -0.132. The molecule has 1 saturated carbocycles. The first-order valence-corrected chi connectivity index (χ1v) is 12.8. The first-order chi connectivity index (χ1) is 18.6. The Bertz CT molecular complexity index is 1410. The summed E-state index contributed by atoms with van der Waals surface area (Å²) in [5.41, 5.74) is -3.67. The normalized spacial score (nSPS) is 22.7. The number of fused-ring (bicyclic) bond motifs is 1. The van der Waals surface area contributed by atoms with Gasteiger partial charge in [0.1, 0.15) is 17.3 Å². The summed E-state index contributed by atoms with van der Waals surface area (Å²) in [5.74, 6) is -3.61. The van der Waals surface area contributed by atoms with E-state index in [4.69, 9.17) is 11.6 Å². The Balaban J connectivity index is 1.29. The first-order valence-electron chi connectivity index (χ1n) is 12.4. The zero-order chi connectivity index (χ0) is 27.9. The van der Waals surface area contributed by atoms with Crippen molar-refractivity contribution < 1.29 is 32.3 Å². The molecule has 204 valence electrons. The Morgan fingerprint density at radius 3 is 2.44 bits per heavy atom. The highest BCUT2D eigenvalue weighted by atomic mass is 35.5. The minimum absolute atomic E-state index is 0.0348. The van der Waals surface area contributed by atoms with Crippen molar-refractivity contribution in [2.24, 2.45) is 5.92 Å². The van der Waals surface area contributed by atoms with Crippen LogP contribution in [0, 0.1) is 17.6 Å². The summed E-state index contributed by atoms with van der Waals surface area (Å²) in [6.07, 6.45) is 0.327. The van der Waals surface area contributed by atoms with Crippen LogP contribution in [0.15, 0.2) is 54.7 Å². The summed E-state index contributed by atoms with van der Waals surface area (Å²) in [7, 11) is 0. The minimum atomic E-state index is -2.93. The summed E-state index contributed by atoms with van der Waals surface area (Å²) < 4.78 is 56.0. The highest BCUT2D eigenvalue weighted by Crippen LogP contribution is 2.46. The second-order valence-corrected chi connectivity index (χ2v) is 10.3. The zero-order valence-electron chi connectivity index (χ0n) is 20.5. The number of aliphatic hydroxyl groups is 1. The van der Waals surface area contributed by atoms with Gasteiger partial charge in [0.15, 0.2) is 0 Å². The van der Waals surface area contributed by atoms with Crippen LogP contribution >= 0.6 is 11.6 Å². The zero-order valence-corrected chi connectivity index (χ0v) is 21.3. The van der Waals surface area contributed by atoms with Gasteiger partial charge in [0, 0.05) is 24.3 Å². The summed E-state index contributed by atoms with van der Waals surface area (Å²) in [5, 5.41) is 14.3. The van der Waals surface area contributed by atoms with E-state index in [2.05, 4.69) is 10.3 Å². The molecule has 2 amide bonds. The molecule has 0 radical (unpaired) electrons. The van der Waals surface area contributed by atoms with Gasteiger partial charge < -0.3 is 15.3 Å². The molecule has 1 fully saturated rings. The van der Waals surface area contributed by atoms with Gasteiger partial charge in [0.05, 0.1) is 21.8 Å². The standard InChI is InChI=1S/C28H24ClF4N3O3/c29-16-12-18(24(25(32)33)34-13-16)26(37)35-17-10-8-15(9-11-17)14-36-22-7-2-1-4-19(22)28(39,27(36)38)23-20(30)5-3-6-21(23)31/h1-7,12-13,15,17,25,39H,8-11,14H2,(H,35,37). The van der Waals surface area contributed by atoms with Crippen LogP contribution in [-0.2, 0) is 10.4 Å². The van der Waals surface area contributed by atoms with E-state index in [1.165, 1.54) is 11.0 Å². The maximum absolute atomic E-state index is 14.7. The third-order valence-corrected chi connectivity index (χ3v) is 7.63. The Morgan fingerprint density at radius 1 is 1.10 bits per heavy atom. The van der Waals surface area contributed by atoms with Gasteiger partial charge in [0.25, 0.3) is 18.2 Å². The molecular weight excluding hydrogens is 538 g/mol. The second kappa shape index (κ2) is 10.6. The van der Waals surface area contributed by atoms with Gasteiger partial charge in [-0.3, -0.25) is 14.6 Å². The number of nitrogens with one attached hydrogen (secondary N) is 1. The number of carbonyl (C=O) groups is 2. The maximum Gasteiger partial charge on any atom is 0.281 e. The number of aromatic nitrogens is 1. The van der Waals surface area contributed by atoms with Gasteiger partial charge in [-0.05, 0) is 55.9 Å². The van der Waals surface area contributed by atoms with Crippen LogP contribution < -0.4 is 10.2 Å². The van der Waals surface area contributed by atoms with Crippen LogP contribution in [0.3, 0.4) is 0 Å². The van der Waals surface area contributed by atoms with Crippen LogP contribution in [0.5, 0.6) is 0 Å². The summed E-state index contributed by atoms with van der Waals surface area (Å²) in [6.45, 7) is 0.197. The predicted octanol–water partition coefficient (Wildman–Crippen LogP) is 5.52. The molecule has 1 aliphatic carbocycles. The number of anilines is 1. The molecule has 0 spiro atoms. The van der Waals surface area contributed by atoms with Gasteiger partial charge in [-0.25, -0.2) is 17.6 Å². The molecule has 1 atom stereocenters. The van der Waals surface area contributed by atoms with E-state index in [1.54, 1.807) is 18.2 Å². The van der Waals surface area contributed by atoms with Crippen LogP contribution in [0.25, 0.3) is 0 Å². The Morgan fingerprint density at radius 2 is 1.77 bits per heavy atom. The van der Waals surface area contributed by atoms with E-state index in [0.29, 0.717) is 31.4 Å². The molecule has 2 aromatic carbocycles. The third-order valence-electron chi connectivity index (χ3n) is 7.42. The fourth-order valence-corrected chi connectivity index (χ4v) is 5.68. The first kappa shape index (κ1) is 27.1. The quantitative estimate of drug-likeness (QED) is 0.388. The third kappa shape index (κ3) is 4.87. The van der Waals surface area contributed by atoms with Crippen molar-refractivity contribution in [2.45, 2.75) is 43.8 Å². The molecule has 6 nitrogen and oxygen atoms in total. The summed E-state index contributed by atoms with van der Waals surface area (Å²) in [6, 6.07) is 10.4. The number of hydrogen-bond donors (Lipinski definition) is 2. The van der Waals surface area contributed by atoms with Crippen molar-refractivity contribution in [1.82, 2.24) is 10.3 Å². The van der Waals surface area contributed by atoms with E-state index < -0.39 is 46.7 Å². The van der Waals surface area contributed by atoms with Crippen LogP contribution in [-0.4, -0.2) is 34.5 Å². The average molecular weight is 562 g/mol. The molecular formula is C28H24ClF4N3O3. The van der Waals surface area contributed by atoms with Crippen molar-refractivity contribution in [1.29, 1.82) is 0 Å². The molecule has 1 aromatic heterocycles. The molecule has 5 rings (SSSR count). The fourth-order valence-electron chi connectivity index (χ4n) is 5.52. The molecule has 1 unspecified atom stereocenters. The van der Waals surface area contributed by atoms with Crippen molar-refractivity contribution in [3.05, 3.63) is 93.8 Å². The number of hydrogen-bond acceptors (Lipinski definition) is 4. The molecule has 1 aliphatic heterocycles. The van der Waals surface area contributed by atoms with Gasteiger partial charge in [-0.1, -0.05) is 35.9 Å². The van der Waals surface area contributed by atoms with Gasteiger partial charge in [-0.2, -0.15) is 0 Å². The monoisotopic (exact) mass is 561 g/mol. The molecule has 2 heterocycles. The van der Waals surface area contributed by atoms with E-state index in [0.717, 1.165) is 30.5 Å². The number of halogens is 5. The number of carbonyl (C=O) groups excluding carboxylic acids is 2. The van der Waals surface area contributed by atoms with E-state index >= 15 is 0 Å². The van der Waals surface area contributed by atoms with Gasteiger partial charge in [0.2, 0.25) is 5.60 Å². The number of alkyl halides is 2. The Kier molecular flexibility index (Phi) is 7.35.